The van der Waals surface area contributed by atoms with Gasteiger partial charge in [-0.05, 0) is 30.9 Å². The van der Waals surface area contributed by atoms with Gasteiger partial charge in [-0.1, -0.05) is 13.8 Å². The second-order valence-corrected chi connectivity index (χ2v) is 7.62. The molecule has 2 atom stereocenters. The van der Waals surface area contributed by atoms with Crippen molar-refractivity contribution in [3.8, 4) is 0 Å². The van der Waals surface area contributed by atoms with Gasteiger partial charge in [-0.2, -0.15) is 11.8 Å². The van der Waals surface area contributed by atoms with Crippen molar-refractivity contribution in [1.29, 1.82) is 0 Å². The zero-order valence-corrected chi connectivity index (χ0v) is 12.7. The molecular weight excluding hydrogens is 244 g/mol. The number of rotatable bonds is 4. The number of hydrogen-bond acceptors (Lipinski definition) is 3. The molecule has 1 N–H and O–H groups in total. The average molecular weight is 270 g/mol. The van der Waals surface area contributed by atoms with Crippen molar-refractivity contribution in [2.24, 2.45) is 5.41 Å². The molecule has 18 heavy (non-hydrogen) atoms. The van der Waals surface area contributed by atoms with Crippen molar-refractivity contribution >= 4 is 17.7 Å². The number of nitrogens with one attached hydrogen (secondary N) is 1. The molecule has 4 heteroatoms. The van der Waals surface area contributed by atoms with Crippen LogP contribution in [0.5, 0.6) is 0 Å². The Kier molecular flexibility index (Phi) is 4.59. The third-order valence-corrected chi connectivity index (χ3v) is 5.42. The van der Waals surface area contributed by atoms with Crippen LogP contribution in [0.4, 0.5) is 0 Å². The molecule has 2 aliphatic heterocycles. The lowest BCUT2D eigenvalue weighted by atomic mass is 9.87. The Balaban J connectivity index is 1.76. The van der Waals surface area contributed by atoms with Gasteiger partial charge in [-0.15, -0.1) is 0 Å². The number of hydrogen-bond donors (Lipinski definition) is 1. The van der Waals surface area contributed by atoms with Crippen molar-refractivity contribution < 1.29 is 4.79 Å². The van der Waals surface area contributed by atoms with Gasteiger partial charge in [-0.25, -0.2) is 0 Å². The van der Waals surface area contributed by atoms with Gasteiger partial charge in [0.05, 0.1) is 0 Å². The number of thioether (sulfide) groups is 1. The largest absolute Gasteiger partial charge is 0.341 e. The molecule has 1 amide bonds. The van der Waals surface area contributed by atoms with Crippen LogP contribution in [-0.2, 0) is 4.79 Å². The molecule has 2 aliphatic rings. The van der Waals surface area contributed by atoms with E-state index < -0.39 is 0 Å². The SMILES string of the molecule is CC(CN1CCCC1=O)NC1CSCC(C)(C)C1. The van der Waals surface area contributed by atoms with Gasteiger partial charge in [0.2, 0.25) is 5.91 Å². The second kappa shape index (κ2) is 5.83. The number of nitrogens with zero attached hydrogens (tertiary/aromatic N) is 1. The summed E-state index contributed by atoms with van der Waals surface area (Å²) in [6, 6.07) is 1.01. The van der Waals surface area contributed by atoms with Crippen LogP contribution in [-0.4, -0.2) is 47.5 Å². The summed E-state index contributed by atoms with van der Waals surface area (Å²) in [7, 11) is 0. The summed E-state index contributed by atoms with van der Waals surface area (Å²) in [4.78, 5) is 13.6. The Morgan fingerprint density at radius 1 is 1.56 bits per heavy atom. The number of amides is 1. The highest BCUT2D eigenvalue weighted by Gasteiger charge is 2.30. The topological polar surface area (TPSA) is 32.3 Å². The van der Waals surface area contributed by atoms with Gasteiger partial charge in [-0.3, -0.25) is 4.79 Å². The first-order valence-corrected chi connectivity index (χ1v) is 8.23. The molecule has 0 aromatic carbocycles. The lowest BCUT2D eigenvalue weighted by Gasteiger charge is -2.37. The maximum Gasteiger partial charge on any atom is 0.222 e. The second-order valence-electron chi connectivity index (χ2n) is 6.59. The van der Waals surface area contributed by atoms with Crippen molar-refractivity contribution in [3.05, 3.63) is 0 Å². The standard InChI is InChI=1S/C14H26N2OS/c1-11(8-16-6-4-5-13(16)17)15-12-7-14(2,3)10-18-9-12/h11-12,15H,4-10H2,1-3H3. The molecule has 0 bridgehead atoms. The third kappa shape index (κ3) is 3.89. The molecule has 0 saturated carbocycles. The van der Waals surface area contributed by atoms with E-state index in [1.165, 1.54) is 17.9 Å². The van der Waals surface area contributed by atoms with Crippen LogP contribution in [0.25, 0.3) is 0 Å². The third-order valence-electron chi connectivity index (χ3n) is 3.80. The summed E-state index contributed by atoms with van der Waals surface area (Å²) < 4.78 is 0. The number of carbonyl (C=O) groups is 1. The van der Waals surface area contributed by atoms with Crippen molar-refractivity contribution in [3.63, 3.8) is 0 Å². The molecule has 2 saturated heterocycles. The minimum Gasteiger partial charge on any atom is -0.341 e. The van der Waals surface area contributed by atoms with E-state index in [0.29, 0.717) is 23.4 Å². The first-order valence-electron chi connectivity index (χ1n) is 7.08. The molecule has 0 radical (unpaired) electrons. The predicted octanol–water partition coefficient (Wildman–Crippen LogP) is 2.12. The maximum atomic E-state index is 11.6. The predicted molar refractivity (Wildman–Crippen MR) is 77.9 cm³/mol. The lowest BCUT2D eigenvalue weighted by molar-refractivity contribution is -0.128. The number of carbonyl (C=O) groups excluding carboxylic acids is 1. The molecule has 3 nitrogen and oxygen atoms in total. The van der Waals surface area contributed by atoms with Crippen molar-refractivity contribution in [2.45, 2.75) is 52.1 Å². The van der Waals surface area contributed by atoms with Crippen LogP contribution in [0.1, 0.15) is 40.0 Å². The molecule has 0 aromatic heterocycles. The van der Waals surface area contributed by atoms with Gasteiger partial charge in [0.15, 0.2) is 0 Å². The minimum absolute atomic E-state index is 0.335. The van der Waals surface area contributed by atoms with E-state index in [4.69, 9.17) is 0 Å². The smallest absolute Gasteiger partial charge is 0.222 e. The molecule has 2 rings (SSSR count). The van der Waals surface area contributed by atoms with Crippen molar-refractivity contribution in [1.82, 2.24) is 10.2 Å². The Labute approximate surface area is 115 Å². The van der Waals surface area contributed by atoms with Crippen LogP contribution >= 0.6 is 11.8 Å². The molecule has 2 heterocycles. The Hall–Kier alpha value is -0.220. The van der Waals surface area contributed by atoms with E-state index in [1.807, 2.05) is 4.90 Å². The monoisotopic (exact) mass is 270 g/mol. The summed E-state index contributed by atoms with van der Waals surface area (Å²) in [6.45, 7) is 8.74. The highest BCUT2D eigenvalue weighted by Crippen LogP contribution is 2.33. The maximum absolute atomic E-state index is 11.6. The minimum atomic E-state index is 0.335. The molecule has 0 aliphatic carbocycles. The van der Waals surface area contributed by atoms with E-state index >= 15 is 0 Å². The fourth-order valence-corrected chi connectivity index (χ4v) is 4.34. The zero-order valence-electron chi connectivity index (χ0n) is 11.9. The van der Waals surface area contributed by atoms with E-state index in [2.05, 4.69) is 37.8 Å². The van der Waals surface area contributed by atoms with E-state index in [1.54, 1.807) is 0 Å². The van der Waals surface area contributed by atoms with E-state index in [9.17, 15) is 4.79 Å². The summed E-state index contributed by atoms with van der Waals surface area (Å²) in [5, 5.41) is 3.71. The average Bonchev–Trinajstić information content (AvgIpc) is 2.62. The van der Waals surface area contributed by atoms with Crippen LogP contribution in [0.3, 0.4) is 0 Å². The Morgan fingerprint density at radius 2 is 2.33 bits per heavy atom. The first kappa shape index (κ1) is 14.2. The molecule has 2 unspecified atom stereocenters. The summed E-state index contributed by atoms with van der Waals surface area (Å²) >= 11 is 2.05. The van der Waals surface area contributed by atoms with Crippen LogP contribution in [0.2, 0.25) is 0 Å². The zero-order chi connectivity index (χ0) is 13.2. The fourth-order valence-electron chi connectivity index (χ4n) is 3.05. The fraction of sp³-hybridized carbons (Fsp3) is 0.929. The molecular formula is C14H26N2OS. The van der Waals surface area contributed by atoms with Gasteiger partial charge < -0.3 is 10.2 Å². The summed E-state index contributed by atoms with van der Waals surface area (Å²) in [6.07, 6.45) is 3.04. The number of likely N-dealkylation sites (tertiary alicyclic amines) is 1. The summed E-state index contributed by atoms with van der Waals surface area (Å²) in [5.41, 5.74) is 0.448. The highest BCUT2D eigenvalue weighted by atomic mass is 32.2. The first-order chi connectivity index (χ1) is 8.46. The van der Waals surface area contributed by atoms with E-state index in [-0.39, 0.29) is 0 Å². The van der Waals surface area contributed by atoms with Crippen LogP contribution in [0, 0.1) is 5.41 Å². The molecule has 0 spiro atoms. The van der Waals surface area contributed by atoms with Crippen molar-refractivity contribution in [2.75, 3.05) is 24.6 Å². The van der Waals surface area contributed by atoms with Gasteiger partial charge >= 0.3 is 0 Å². The Bertz CT molecular complexity index is 306. The molecule has 0 aromatic rings. The van der Waals surface area contributed by atoms with Gasteiger partial charge in [0, 0.05) is 37.3 Å². The lowest BCUT2D eigenvalue weighted by Crippen LogP contribution is -2.48. The van der Waals surface area contributed by atoms with Crippen LogP contribution < -0.4 is 5.32 Å². The van der Waals surface area contributed by atoms with Gasteiger partial charge in [0.25, 0.3) is 0 Å². The molecule has 104 valence electrons. The normalized spacial score (nSPS) is 29.6. The van der Waals surface area contributed by atoms with Crippen LogP contribution in [0.15, 0.2) is 0 Å². The molecule has 2 fully saturated rings. The Morgan fingerprint density at radius 3 is 2.94 bits per heavy atom. The quantitative estimate of drug-likeness (QED) is 0.849. The van der Waals surface area contributed by atoms with E-state index in [0.717, 1.165) is 25.9 Å². The highest BCUT2D eigenvalue weighted by molar-refractivity contribution is 7.99. The summed E-state index contributed by atoms with van der Waals surface area (Å²) in [5.74, 6) is 2.81. The van der Waals surface area contributed by atoms with Gasteiger partial charge in [0.1, 0.15) is 0 Å².